The first kappa shape index (κ1) is 8.53. The quantitative estimate of drug-likeness (QED) is 0.392. The molecule has 0 saturated heterocycles. The van der Waals surface area contributed by atoms with E-state index in [0.29, 0.717) is 0 Å². The van der Waals surface area contributed by atoms with Crippen LogP contribution in [0, 0.1) is 5.21 Å². The van der Waals surface area contributed by atoms with Crippen molar-refractivity contribution < 1.29 is 10.1 Å². The fourth-order valence-electron chi connectivity index (χ4n) is 1.74. The summed E-state index contributed by atoms with van der Waals surface area (Å²) >= 11 is 0. The summed E-state index contributed by atoms with van der Waals surface area (Å²) in [5.41, 5.74) is 0.543. The first-order valence-electron chi connectivity index (χ1n) is 3.96. The van der Waals surface area contributed by atoms with Gasteiger partial charge in [-0.2, -0.15) is 4.74 Å². The van der Waals surface area contributed by atoms with Gasteiger partial charge in [0, 0.05) is 20.8 Å². The molecule has 0 bridgehead atoms. The molecule has 0 atom stereocenters. The minimum Gasteiger partial charge on any atom is -0.619 e. The van der Waals surface area contributed by atoms with Crippen LogP contribution < -0.4 is 5.32 Å². The highest BCUT2D eigenvalue weighted by atomic mass is 16.5. The van der Waals surface area contributed by atoms with Crippen LogP contribution in [0.5, 0.6) is 0 Å². The van der Waals surface area contributed by atoms with Crippen molar-refractivity contribution in [2.75, 3.05) is 0 Å². The number of hydroxylamine groups is 1. The highest BCUT2D eigenvalue weighted by molar-refractivity contribution is 5.85. The maximum atomic E-state index is 11.5. The second-order valence-electron chi connectivity index (χ2n) is 4.40. The van der Waals surface area contributed by atoms with Gasteiger partial charge in [0.15, 0.2) is 5.54 Å². The number of rotatable bonds is 0. The Bertz CT molecular complexity index is 194. The van der Waals surface area contributed by atoms with Crippen LogP contribution in [0.15, 0.2) is 0 Å². The Balaban J connectivity index is 3.09. The molecule has 2 N–H and O–H groups in total. The van der Waals surface area contributed by atoms with Crippen molar-refractivity contribution in [3.05, 3.63) is 5.21 Å². The fraction of sp³-hybridized carbons (Fsp3) is 0.875. The summed E-state index contributed by atoms with van der Waals surface area (Å²) in [6.45, 7) is 9.93. The molecule has 1 rings (SSSR count). The first-order chi connectivity index (χ1) is 4.77. The molecule has 0 aromatic rings. The van der Waals surface area contributed by atoms with Gasteiger partial charge in [0.25, 0.3) is 5.66 Å². The maximum absolute atomic E-state index is 11.5. The summed E-state index contributed by atoms with van der Waals surface area (Å²) in [6.07, 6.45) is 0. The lowest BCUT2D eigenvalue weighted by atomic mass is 10.0. The molecule has 0 aliphatic carbocycles. The van der Waals surface area contributed by atoms with E-state index in [-0.39, 0.29) is 11.2 Å². The second kappa shape index (κ2) is 1.97. The highest BCUT2D eigenvalue weighted by Crippen LogP contribution is 2.12. The number of nitrogens with two attached hydrogens (primary N) is 1. The van der Waals surface area contributed by atoms with E-state index in [4.69, 9.17) is 0 Å². The van der Waals surface area contributed by atoms with Crippen LogP contribution in [-0.4, -0.2) is 21.7 Å². The summed E-state index contributed by atoms with van der Waals surface area (Å²) < 4.78 is 1.10. The normalized spacial score (nSPS) is 27.7. The van der Waals surface area contributed by atoms with E-state index in [9.17, 15) is 5.21 Å². The topological polar surface area (TPSA) is 42.7 Å². The summed E-state index contributed by atoms with van der Waals surface area (Å²) in [6, 6.07) is 0. The minimum atomic E-state index is -0.326. The third-order valence-electron chi connectivity index (χ3n) is 2.47. The van der Waals surface area contributed by atoms with Crippen molar-refractivity contribution in [1.82, 2.24) is 0 Å². The standard InChI is InChI=1S/C8H16N2O/c1-6-7(2,3)9-8(4,5)10(6)11/h9H,1-5H3/p+1. The zero-order valence-electron chi connectivity index (χ0n) is 7.93. The predicted molar refractivity (Wildman–Crippen MR) is 44.4 cm³/mol. The van der Waals surface area contributed by atoms with Gasteiger partial charge in [0.05, 0.1) is 13.8 Å². The van der Waals surface area contributed by atoms with E-state index in [2.05, 4.69) is 19.2 Å². The molecule has 0 spiro atoms. The largest absolute Gasteiger partial charge is 0.619 e. The molecule has 3 nitrogen and oxygen atoms in total. The zero-order chi connectivity index (χ0) is 8.86. The van der Waals surface area contributed by atoms with Crippen molar-refractivity contribution >= 4 is 5.71 Å². The van der Waals surface area contributed by atoms with Gasteiger partial charge in [-0.05, 0) is 0 Å². The molecule has 1 aliphatic heterocycles. The molecule has 0 saturated carbocycles. The van der Waals surface area contributed by atoms with Gasteiger partial charge >= 0.3 is 0 Å². The Morgan fingerprint density at radius 1 is 1.27 bits per heavy atom. The Labute approximate surface area is 67.7 Å². The van der Waals surface area contributed by atoms with E-state index < -0.39 is 0 Å². The summed E-state index contributed by atoms with van der Waals surface area (Å²) in [5, 5.41) is 13.6. The molecular weight excluding hydrogens is 140 g/mol. The van der Waals surface area contributed by atoms with E-state index in [1.54, 1.807) is 0 Å². The van der Waals surface area contributed by atoms with Crippen molar-refractivity contribution in [3.63, 3.8) is 0 Å². The maximum Gasteiger partial charge on any atom is 0.290 e. The lowest BCUT2D eigenvalue weighted by Gasteiger charge is -2.17. The predicted octanol–water partition coefficient (Wildman–Crippen LogP) is 0.0493. The van der Waals surface area contributed by atoms with E-state index in [1.807, 2.05) is 20.8 Å². The van der Waals surface area contributed by atoms with Crippen LogP contribution in [0.3, 0.4) is 0 Å². The number of hydrogen-bond acceptors (Lipinski definition) is 1. The van der Waals surface area contributed by atoms with Crippen LogP contribution in [0.25, 0.3) is 0 Å². The average molecular weight is 157 g/mol. The highest BCUT2D eigenvalue weighted by Gasteiger charge is 2.50. The smallest absolute Gasteiger partial charge is 0.290 e. The van der Waals surface area contributed by atoms with Gasteiger partial charge < -0.3 is 5.21 Å². The van der Waals surface area contributed by atoms with Gasteiger partial charge in [-0.3, -0.25) is 5.32 Å². The Morgan fingerprint density at radius 3 is 1.82 bits per heavy atom. The molecular formula is C8H17N2O+. The van der Waals surface area contributed by atoms with E-state index in [1.165, 1.54) is 0 Å². The van der Waals surface area contributed by atoms with Crippen LogP contribution in [-0.2, 0) is 0 Å². The number of quaternary nitrogens is 1. The molecule has 0 unspecified atom stereocenters. The summed E-state index contributed by atoms with van der Waals surface area (Å²) in [7, 11) is 0. The molecule has 0 amide bonds. The van der Waals surface area contributed by atoms with Crippen LogP contribution in [0.2, 0.25) is 0 Å². The molecule has 64 valence electrons. The van der Waals surface area contributed by atoms with E-state index >= 15 is 0 Å². The SMILES string of the molecule is CC1=[N+]([O-])C(C)(C)[NH2+]C1(C)C. The van der Waals surface area contributed by atoms with Crippen molar-refractivity contribution in [1.29, 1.82) is 0 Å². The van der Waals surface area contributed by atoms with Gasteiger partial charge in [0.2, 0.25) is 5.71 Å². The summed E-state index contributed by atoms with van der Waals surface area (Å²) in [4.78, 5) is 0. The van der Waals surface area contributed by atoms with Crippen molar-refractivity contribution in [2.24, 2.45) is 0 Å². The Morgan fingerprint density at radius 2 is 1.73 bits per heavy atom. The second-order valence-corrected chi connectivity index (χ2v) is 4.40. The van der Waals surface area contributed by atoms with Crippen molar-refractivity contribution in [2.45, 2.75) is 45.8 Å². The zero-order valence-corrected chi connectivity index (χ0v) is 7.93. The lowest BCUT2D eigenvalue weighted by Crippen LogP contribution is -3.02. The molecule has 3 heteroatoms. The van der Waals surface area contributed by atoms with Crippen molar-refractivity contribution in [3.8, 4) is 0 Å². The minimum absolute atomic E-state index is 0.0365. The average Bonchev–Trinajstić information content (AvgIpc) is 1.91. The van der Waals surface area contributed by atoms with Gasteiger partial charge in [-0.1, -0.05) is 0 Å². The van der Waals surface area contributed by atoms with Gasteiger partial charge in [-0.15, -0.1) is 0 Å². The molecule has 0 fully saturated rings. The fourth-order valence-corrected chi connectivity index (χ4v) is 1.74. The number of hydrogen-bond donors (Lipinski definition) is 1. The number of nitrogens with zero attached hydrogens (tertiary/aromatic N) is 1. The molecule has 1 heterocycles. The summed E-state index contributed by atoms with van der Waals surface area (Å²) in [5.74, 6) is 0. The van der Waals surface area contributed by atoms with Gasteiger partial charge in [-0.25, -0.2) is 0 Å². The van der Waals surface area contributed by atoms with Crippen LogP contribution >= 0.6 is 0 Å². The first-order valence-corrected chi connectivity index (χ1v) is 3.96. The third kappa shape index (κ3) is 1.13. The lowest BCUT2D eigenvalue weighted by molar-refractivity contribution is -0.865. The van der Waals surface area contributed by atoms with Crippen LogP contribution in [0.1, 0.15) is 34.6 Å². The van der Waals surface area contributed by atoms with Crippen LogP contribution in [0.4, 0.5) is 0 Å². The molecule has 0 radical (unpaired) electrons. The van der Waals surface area contributed by atoms with E-state index in [0.717, 1.165) is 10.5 Å². The monoisotopic (exact) mass is 157 g/mol. The molecule has 0 aromatic carbocycles. The molecule has 1 aliphatic rings. The molecule has 0 aromatic heterocycles. The molecule has 11 heavy (non-hydrogen) atoms. The van der Waals surface area contributed by atoms with Gasteiger partial charge in [0.1, 0.15) is 0 Å². The third-order valence-corrected chi connectivity index (χ3v) is 2.47. The Kier molecular flexibility index (Phi) is 1.53. The Hall–Kier alpha value is -0.570.